The molecule has 0 amide bonds. The Bertz CT molecular complexity index is 488. The van der Waals surface area contributed by atoms with E-state index in [4.69, 9.17) is 15.7 Å². The molecular formula is C14H20N2O5. The molecule has 0 fully saturated rings. The van der Waals surface area contributed by atoms with Crippen molar-refractivity contribution < 1.29 is 23.5 Å². The summed E-state index contributed by atoms with van der Waals surface area (Å²) in [6.07, 6.45) is 1.27. The Hall–Kier alpha value is -2.36. The molecule has 0 N–H and O–H groups in total. The Kier molecular flexibility index (Phi) is 9.26. The molecule has 1 aromatic heterocycles. The van der Waals surface area contributed by atoms with Gasteiger partial charge in [-0.2, -0.15) is 0 Å². The number of nitrogens with zero attached hydrogens (tertiary/aromatic N) is 2. The van der Waals surface area contributed by atoms with E-state index in [-0.39, 0.29) is 18.2 Å². The predicted molar refractivity (Wildman–Crippen MR) is 74.7 cm³/mol. The Morgan fingerprint density at radius 1 is 1.33 bits per heavy atom. The maximum Gasteiger partial charge on any atom is 0.387 e. The molecule has 0 atom stereocenters. The van der Waals surface area contributed by atoms with Crippen LogP contribution in [-0.2, 0) is 14.3 Å². The minimum atomic E-state index is -0.442. The molecule has 0 spiro atoms. The smallest absolute Gasteiger partial charge is 0.387 e. The fourth-order valence-corrected chi connectivity index (χ4v) is 1.29. The van der Waals surface area contributed by atoms with E-state index in [1.807, 2.05) is 13.8 Å². The first-order valence-corrected chi connectivity index (χ1v) is 6.57. The molecule has 7 nitrogen and oxygen atoms in total. The van der Waals surface area contributed by atoms with Gasteiger partial charge in [-0.25, -0.2) is 21.1 Å². The highest BCUT2D eigenvalue weighted by Gasteiger charge is 2.19. The normalized spacial score (nSPS) is 9.33. The number of carbonyl (C=O) groups is 2. The molecule has 0 saturated heterocycles. The summed E-state index contributed by atoms with van der Waals surface area (Å²) in [4.78, 5) is 28.1. The van der Waals surface area contributed by atoms with Gasteiger partial charge in [0, 0.05) is 5.92 Å². The predicted octanol–water partition coefficient (Wildman–Crippen LogP) is 2.44. The van der Waals surface area contributed by atoms with E-state index >= 15 is 0 Å². The van der Waals surface area contributed by atoms with Crippen LogP contribution in [0, 0.1) is 6.57 Å². The minimum Gasteiger partial charge on any atom is -0.461 e. The summed E-state index contributed by atoms with van der Waals surface area (Å²) in [5.41, 5.74) is 0.289. The number of rotatable bonds is 5. The maximum absolute atomic E-state index is 11.3. The lowest BCUT2D eigenvalue weighted by molar-refractivity contribution is -0.140. The summed E-state index contributed by atoms with van der Waals surface area (Å²) < 4.78 is 14.3. The fourth-order valence-electron chi connectivity index (χ4n) is 1.29. The highest BCUT2D eigenvalue weighted by molar-refractivity contribution is 5.88. The lowest BCUT2D eigenvalue weighted by Crippen LogP contribution is -2.08. The largest absolute Gasteiger partial charge is 0.461 e. The molecule has 0 bridgehead atoms. The van der Waals surface area contributed by atoms with Gasteiger partial charge < -0.3 is 18.7 Å². The summed E-state index contributed by atoms with van der Waals surface area (Å²) in [5.74, 6) is -0.136. The van der Waals surface area contributed by atoms with E-state index in [2.05, 4.69) is 14.6 Å². The highest BCUT2D eigenvalue weighted by atomic mass is 16.5. The number of hydrogen-bond donors (Lipinski definition) is 0. The molecule has 0 saturated carbocycles. The summed E-state index contributed by atoms with van der Waals surface area (Å²) in [6.45, 7) is 14.1. The first-order chi connectivity index (χ1) is 9.97. The Balaban J connectivity index is 0.000000433. The number of oxazole rings is 1. The molecule has 0 aromatic carbocycles. The van der Waals surface area contributed by atoms with Crippen LogP contribution in [0.4, 0.5) is 0 Å². The van der Waals surface area contributed by atoms with Crippen LogP contribution in [-0.4, -0.2) is 36.7 Å². The second-order valence-electron chi connectivity index (χ2n) is 4.06. The zero-order chi connectivity index (χ0) is 16.3. The van der Waals surface area contributed by atoms with Gasteiger partial charge in [0.1, 0.15) is 5.76 Å². The highest BCUT2D eigenvalue weighted by Crippen LogP contribution is 2.18. The second-order valence-corrected chi connectivity index (χ2v) is 4.06. The average Bonchev–Trinajstić information content (AvgIpc) is 2.90. The van der Waals surface area contributed by atoms with Gasteiger partial charge in [-0.1, -0.05) is 13.8 Å². The van der Waals surface area contributed by atoms with E-state index in [9.17, 15) is 9.59 Å². The van der Waals surface area contributed by atoms with Gasteiger partial charge in [0.15, 0.2) is 12.1 Å². The lowest BCUT2D eigenvalue weighted by atomic mass is 10.1. The topological polar surface area (TPSA) is 83.0 Å². The third-order valence-corrected chi connectivity index (χ3v) is 2.10. The minimum absolute atomic E-state index is 0.141. The van der Waals surface area contributed by atoms with Crippen LogP contribution in [0.3, 0.4) is 0 Å². The first-order valence-electron chi connectivity index (χ1n) is 6.57. The summed E-state index contributed by atoms with van der Waals surface area (Å²) in [6, 6.07) is 0. The average molecular weight is 296 g/mol. The number of esters is 2. The molecule has 7 heteroatoms. The summed E-state index contributed by atoms with van der Waals surface area (Å²) in [7, 11) is 0. The van der Waals surface area contributed by atoms with Gasteiger partial charge in [0.05, 0.1) is 13.2 Å². The van der Waals surface area contributed by atoms with Gasteiger partial charge in [0.2, 0.25) is 0 Å². The molecule has 0 aliphatic rings. The SMILES string of the molecule is CCOC(=O)c1ncoc1C(C)C.[C-]#[N+]CC(=O)OCC. The van der Waals surface area contributed by atoms with E-state index in [1.54, 1.807) is 13.8 Å². The van der Waals surface area contributed by atoms with E-state index in [0.29, 0.717) is 19.0 Å². The van der Waals surface area contributed by atoms with E-state index < -0.39 is 11.9 Å². The van der Waals surface area contributed by atoms with Crippen LogP contribution in [0.2, 0.25) is 0 Å². The zero-order valence-electron chi connectivity index (χ0n) is 12.7. The van der Waals surface area contributed by atoms with Crippen molar-refractivity contribution >= 4 is 11.9 Å². The molecule has 0 unspecified atom stereocenters. The fraction of sp³-hybridized carbons (Fsp3) is 0.571. The summed E-state index contributed by atoms with van der Waals surface area (Å²) >= 11 is 0. The third-order valence-electron chi connectivity index (χ3n) is 2.10. The standard InChI is InChI=1S/C9H13NO3.C5H7NO2/c1-4-12-9(11)7-8(6(2)3)13-5-10-7;1-3-8-5(7)4-6-2/h5-6H,4H2,1-3H3;3-4H2,1H3. The number of ether oxygens (including phenoxy) is 2. The zero-order valence-corrected chi connectivity index (χ0v) is 12.7. The van der Waals surface area contributed by atoms with E-state index in [0.717, 1.165) is 0 Å². The van der Waals surface area contributed by atoms with Gasteiger partial charge >= 0.3 is 18.5 Å². The first kappa shape index (κ1) is 18.6. The monoisotopic (exact) mass is 296 g/mol. The molecule has 1 rings (SSSR count). The van der Waals surface area contributed by atoms with Crippen molar-refractivity contribution in [3.8, 4) is 0 Å². The molecular weight excluding hydrogens is 276 g/mol. The number of aromatic nitrogens is 1. The van der Waals surface area contributed by atoms with Crippen LogP contribution in [0.1, 0.15) is 49.9 Å². The molecule has 0 aliphatic carbocycles. The summed E-state index contributed by atoms with van der Waals surface area (Å²) in [5, 5.41) is 0. The van der Waals surface area contributed by atoms with Crippen molar-refractivity contribution in [1.29, 1.82) is 0 Å². The third kappa shape index (κ3) is 7.11. The van der Waals surface area contributed by atoms with Crippen LogP contribution in [0.5, 0.6) is 0 Å². The van der Waals surface area contributed by atoms with Crippen LogP contribution >= 0.6 is 0 Å². The Morgan fingerprint density at radius 2 is 1.95 bits per heavy atom. The van der Waals surface area contributed by atoms with Crippen LogP contribution in [0.15, 0.2) is 10.8 Å². The number of carbonyl (C=O) groups excluding carboxylic acids is 2. The Morgan fingerprint density at radius 3 is 2.43 bits per heavy atom. The molecule has 0 aliphatic heterocycles. The van der Waals surface area contributed by atoms with Crippen LogP contribution < -0.4 is 0 Å². The van der Waals surface area contributed by atoms with Gasteiger partial charge in [-0.05, 0) is 13.8 Å². The van der Waals surface area contributed by atoms with Crippen molar-refractivity contribution in [2.75, 3.05) is 19.8 Å². The van der Waals surface area contributed by atoms with Crippen molar-refractivity contribution in [3.63, 3.8) is 0 Å². The van der Waals surface area contributed by atoms with Crippen molar-refractivity contribution in [2.45, 2.75) is 33.6 Å². The van der Waals surface area contributed by atoms with Crippen molar-refractivity contribution in [1.82, 2.24) is 4.98 Å². The maximum atomic E-state index is 11.3. The molecule has 0 radical (unpaired) electrons. The molecule has 116 valence electrons. The molecule has 1 heterocycles. The van der Waals surface area contributed by atoms with E-state index in [1.165, 1.54) is 6.39 Å². The Labute approximate surface area is 124 Å². The van der Waals surface area contributed by atoms with Crippen molar-refractivity contribution in [2.24, 2.45) is 0 Å². The quantitative estimate of drug-likeness (QED) is 0.613. The van der Waals surface area contributed by atoms with Gasteiger partial charge in [-0.15, -0.1) is 0 Å². The van der Waals surface area contributed by atoms with Gasteiger partial charge in [-0.3, -0.25) is 0 Å². The number of hydrogen-bond acceptors (Lipinski definition) is 6. The second kappa shape index (κ2) is 10.4. The van der Waals surface area contributed by atoms with Crippen molar-refractivity contribution in [3.05, 3.63) is 29.3 Å². The lowest BCUT2D eigenvalue weighted by Gasteiger charge is -2.02. The van der Waals surface area contributed by atoms with Gasteiger partial charge in [0.25, 0.3) is 0 Å². The molecule has 21 heavy (non-hydrogen) atoms. The molecule has 1 aromatic rings. The van der Waals surface area contributed by atoms with Crippen LogP contribution in [0.25, 0.3) is 4.85 Å².